The fraction of sp³-hybridized carbons (Fsp3) is 0.238. The summed E-state index contributed by atoms with van der Waals surface area (Å²) in [6, 6.07) is 18.6. The zero-order chi connectivity index (χ0) is 20.2. The molecule has 1 atom stereocenters. The van der Waals surface area contributed by atoms with Gasteiger partial charge in [0.1, 0.15) is 5.82 Å². The number of hydrogen-bond acceptors (Lipinski definition) is 5. The highest BCUT2D eigenvalue weighted by molar-refractivity contribution is 8.00. The highest BCUT2D eigenvalue weighted by atomic mass is 32.2. The van der Waals surface area contributed by atoms with Crippen molar-refractivity contribution in [3.63, 3.8) is 0 Å². The minimum absolute atomic E-state index is 0.316. The van der Waals surface area contributed by atoms with Crippen molar-refractivity contribution in [3.05, 3.63) is 72.1 Å². The summed E-state index contributed by atoms with van der Waals surface area (Å²) in [6.07, 6.45) is 2.22. The Morgan fingerprint density at radius 2 is 1.69 bits per heavy atom. The number of nitrogens with one attached hydrogen (secondary N) is 2. The molecule has 3 aromatic rings. The fourth-order valence-electron chi connectivity index (χ4n) is 2.81. The van der Waals surface area contributed by atoms with Crippen LogP contribution < -0.4 is 10.9 Å². The van der Waals surface area contributed by atoms with Gasteiger partial charge < -0.3 is 0 Å². The molecule has 4 rings (SSSR count). The van der Waals surface area contributed by atoms with E-state index in [0.29, 0.717) is 16.6 Å². The van der Waals surface area contributed by atoms with E-state index in [1.807, 2.05) is 41.1 Å². The molecule has 0 radical (unpaired) electrons. The summed E-state index contributed by atoms with van der Waals surface area (Å²) in [6.45, 7) is 1.76. The van der Waals surface area contributed by atoms with Crippen LogP contribution in [0.3, 0.4) is 0 Å². The Morgan fingerprint density at radius 3 is 2.34 bits per heavy atom. The molecule has 0 bridgehead atoms. The SMILES string of the molecule is C[C@@H](Sc1nc(C2CC2)n(-c2ccccc2)n1)C(=O)NNC(=O)c1ccccc1. The van der Waals surface area contributed by atoms with Gasteiger partial charge in [-0.05, 0) is 44.0 Å². The zero-order valence-corrected chi connectivity index (χ0v) is 16.7. The summed E-state index contributed by atoms with van der Waals surface area (Å²) in [5.74, 6) is 0.678. The minimum atomic E-state index is -0.468. The number of para-hydroxylation sites is 1. The lowest BCUT2D eigenvalue weighted by molar-refractivity contribution is -0.121. The highest BCUT2D eigenvalue weighted by Crippen LogP contribution is 2.40. The normalized spacial score (nSPS) is 14.2. The quantitative estimate of drug-likeness (QED) is 0.484. The molecule has 1 saturated carbocycles. The average Bonchev–Trinajstić information content (AvgIpc) is 3.53. The summed E-state index contributed by atoms with van der Waals surface area (Å²) in [7, 11) is 0. The lowest BCUT2D eigenvalue weighted by Crippen LogP contribution is -2.44. The second-order valence-corrected chi connectivity index (χ2v) is 8.15. The molecule has 29 heavy (non-hydrogen) atoms. The number of hydrogen-bond donors (Lipinski definition) is 2. The standard InChI is InChI=1S/C21H21N5O2S/c1-14(19(27)23-24-20(28)16-8-4-2-5-9-16)29-21-22-18(15-12-13-15)26(25-21)17-10-6-3-7-11-17/h2-11,14-15H,12-13H2,1H3,(H,23,27)(H,24,28)/t14-/m1/s1. The number of benzene rings is 2. The average molecular weight is 407 g/mol. The van der Waals surface area contributed by atoms with Crippen LogP contribution in [0.15, 0.2) is 65.8 Å². The predicted octanol–water partition coefficient (Wildman–Crippen LogP) is 3.09. The van der Waals surface area contributed by atoms with Gasteiger partial charge in [-0.15, -0.1) is 5.10 Å². The fourth-order valence-corrected chi connectivity index (χ4v) is 3.57. The van der Waals surface area contributed by atoms with Crippen molar-refractivity contribution in [2.45, 2.75) is 36.1 Å². The monoisotopic (exact) mass is 407 g/mol. The summed E-state index contributed by atoms with van der Waals surface area (Å²) >= 11 is 1.27. The number of carbonyl (C=O) groups is 2. The van der Waals surface area contributed by atoms with Gasteiger partial charge in [-0.1, -0.05) is 48.2 Å². The molecule has 2 N–H and O–H groups in total. The maximum absolute atomic E-state index is 12.4. The van der Waals surface area contributed by atoms with Gasteiger partial charge in [-0.25, -0.2) is 9.67 Å². The maximum atomic E-state index is 12.4. The first-order chi connectivity index (χ1) is 14.1. The van der Waals surface area contributed by atoms with E-state index >= 15 is 0 Å². The second kappa shape index (κ2) is 8.48. The topological polar surface area (TPSA) is 88.9 Å². The summed E-state index contributed by atoms with van der Waals surface area (Å²) in [5.41, 5.74) is 6.34. The Morgan fingerprint density at radius 1 is 1.03 bits per heavy atom. The van der Waals surface area contributed by atoms with E-state index in [4.69, 9.17) is 0 Å². The number of aromatic nitrogens is 3. The van der Waals surface area contributed by atoms with E-state index in [2.05, 4.69) is 20.9 Å². The van der Waals surface area contributed by atoms with Crippen molar-refractivity contribution >= 4 is 23.6 Å². The molecule has 1 heterocycles. The zero-order valence-electron chi connectivity index (χ0n) is 15.9. The van der Waals surface area contributed by atoms with Gasteiger partial charge in [0.2, 0.25) is 5.16 Å². The van der Waals surface area contributed by atoms with Crippen molar-refractivity contribution in [2.24, 2.45) is 0 Å². The van der Waals surface area contributed by atoms with Gasteiger partial charge in [0.15, 0.2) is 0 Å². The Kier molecular flexibility index (Phi) is 5.62. The number of nitrogens with zero attached hydrogens (tertiary/aromatic N) is 3. The summed E-state index contributed by atoms with van der Waals surface area (Å²) < 4.78 is 1.86. The van der Waals surface area contributed by atoms with Crippen LogP contribution in [0.25, 0.3) is 5.69 Å². The maximum Gasteiger partial charge on any atom is 0.269 e. The molecule has 0 spiro atoms. The van der Waals surface area contributed by atoms with Crippen LogP contribution in [0.4, 0.5) is 0 Å². The van der Waals surface area contributed by atoms with Gasteiger partial charge in [-0.2, -0.15) is 0 Å². The van der Waals surface area contributed by atoms with Crippen molar-refractivity contribution in [1.82, 2.24) is 25.6 Å². The van der Waals surface area contributed by atoms with Crippen LogP contribution in [0, 0.1) is 0 Å². The molecule has 1 fully saturated rings. The van der Waals surface area contributed by atoms with Crippen molar-refractivity contribution in [1.29, 1.82) is 0 Å². The Hall–Kier alpha value is -3.13. The number of hydrazine groups is 1. The van der Waals surface area contributed by atoms with E-state index in [9.17, 15) is 9.59 Å². The molecule has 1 aromatic heterocycles. The van der Waals surface area contributed by atoms with Crippen molar-refractivity contribution < 1.29 is 9.59 Å². The lowest BCUT2D eigenvalue weighted by atomic mass is 10.2. The van der Waals surface area contributed by atoms with E-state index in [-0.39, 0.29) is 11.8 Å². The Balaban J connectivity index is 1.40. The van der Waals surface area contributed by atoms with Crippen LogP contribution in [0.1, 0.15) is 41.9 Å². The molecule has 1 aliphatic carbocycles. The van der Waals surface area contributed by atoms with Crippen molar-refractivity contribution in [3.8, 4) is 5.69 Å². The van der Waals surface area contributed by atoms with Gasteiger partial charge in [-0.3, -0.25) is 20.4 Å². The molecule has 0 saturated heterocycles. The molecule has 7 nitrogen and oxygen atoms in total. The lowest BCUT2D eigenvalue weighted by Gasteiger charge is -2.11. The second-order valence-electron chi connectivity index (χ2n) is 6.84. The van der Waals surface area contributed by atoms with Crippen LogP contribution in [0.5, 0.6) is 0 Å². The molecule has 8 heteroatoms. The first-order valence-electron chi connectivity index (χ1n) is 9.46. The van der Waals surface area contributed by atoms with E-state index in [1.54, 1.807) is 31.2 Å². The molecule has 2 amide bonds. The van der Waals surface area contributed by atoms with E-state index in [1.165, 1.54) is 11.8 Å². The molecular formula is C21H21N5O2S. The third-order valence-electron chi connectivity index (χ3n) is 4.54. The number of rotatable bonds is 6. The summed E-state index contributed by atoms with van der Waals surface area (Å²) in [5, 5.41) is 4.69. The molecule has 0 aliphatic heterocycles. The summed E-state index contributed by atoms with van der Waals surface area (Å²) in [4.78, 5) is 29.1. The van der Waals surface area contributed by atoms with Crippen LogP contribution in [-0.4, -0.2) is 31.8 Å². The smallest absolute Gasteiger partial charge is 0.269 e. The number of carbonyl (C=O) groups excluding carboxylic acids is 2. The van der Waals surface area contributed by atoms with E-state index in [0.717, 1.165) is 24.4 Å². The minimum Gasteiger partial charge on any atom is -0.272 e. The number of thioether (sulfide) groups is 1. The molecule has 148 valence electrons. The predicted molar refractivity (Wildman–Crippen MR) is 111 cm³/mol. The van der Waals surface area contributed by atoms with Crippen LogP contribution in [-0.2, 0) is 4.79 Å². The van der Waals surface area contributed by atoms with Crippen molar-refractivity contribution in [2.75, 3.05) is 0 Å². The Labute approximate surface area is 172 Å². The Bertz CT molecular complexity index is 1000. The largest absolute Gasteiger partial charge is 0.272 e. The third kappa shape index (κ3) is 4.65. The van der Waals surface area contributed by atoms with Gasteiger partial charge in [0.05, 0.1) is 10.9 Å². The molecular weight excluding hydrogens is 386 g/mol. The van der Waals surface area contributed by atoms with Gasteiger partial charge >= 0.3 is 0 Å². The first-order valence-corrected chi connectivity index (χ1v) is 10.3. The molecule has 2 aromatic carbocycles. The van der Waals surface area contributed by atoms with Crippen LogP contribution in [0.2, 0.25) is 0 Å². The van der Waals surface area contributed by atoms with Gasteiger partial charge in [0.25, 0.3) is 11.8 Å². The molecule has 1 aliphatic rings. The first kappa shape index (κ1) is 19.2. The molecule has 0 unspecified atom stereocenters. The third-order valence-corrected chi connectivity index (χ3v) is 5.49. The highest BCUT2D eigenvalue weighted by Gasteiger charge is 2.31. The van der Waals surface area contributed by atoms with Crippen LogP contribution >= 0.6 is 11.8 Å². The number of amides is 2. The van der Waals surface area contributed by atoms with E-state index < -0.39 is 5.25 Å². The van der Waals surface area contributed by atoms with Gasteiger partial charge in [0, 0.05) is 11.5 Å².